The zero-order chi connectivity index (χ0) is 43.9. The summed E-state index contributed by atoms with van der Waals surface area (Å²) in [4.78, 5) is 17.8. The fourth-order valence-electron chi connectivity index (χ4n) is 6.86. The van der Waals surface area contributed by atoms with E-state index in [1.165, 1.54) is 0 Å². The number of hydrogen-bond donors (Lipinski definition) is 4. The van der Waals surface area contributed by atoms with Crippen LogP contribution in [-0.2, 0) is 27.2 Å². The molecule has 6 aromatic rings. The molecule has 328 valence electrons. The number of alkyl halides is 4. The molecular formula is C38H51ClF4N18. The van der Waals surface area contributed by atoms with Crippen LogP contribution in [0.5, 0.6) is 0 Å². The zero-order valence-electron chi connectivity index (χ0n) is 34.9. The van der Waals surface area contributed by atoms with Gasteiger partial charge in [-0.1, -0.05) is 22.0 Å². The summed E-state index contributed by atoms with van der Waals surface area (Å²) in [5, 5.41) is 34.2. The first-order valence-electron chi connectivity index (χ1n) is 19.9. The third-order valence-electron chi connectivity index (χ3n) is 9.89. The Kier molecular flexibility index (Phi) is 14.2. The van der Waals surface area contributed by atoms with Crippen molar-refractivity contribution in [1.29, 1.82) is 0 Å². The quantitative estimate of drug-likeness (QED) is 0.0892. The summed E-state index contributed by atoms with van der Waals surface area (Å²) in [5.74, 6) is -2.65. The largest absolute Gasteiger partial charge is 0.367 e. The van der Waals surface area contributed by atoms with Gasteiger partial charge in [0.15, 0.2) is 0 Å². The van der Waals surface area contributed by atoms with Crippen molar-refractivity contribution >= 4 is 29.1 Å². The molecule has 0 aromatic carbocycles. The van der Waals surface area contributed by atoms with Crippen molar-refractivity contribution in [2.24, 2.45) is 19.8 Å². The van der Waals surface area contributed by atoms with Gasteiger partial charge in [-0.2, -0.15) is 30.1 Å². The smallest absolute Gasteiger partial charge is 0.254 e. The van der Waals surface area contributed by atoms with E-state index in [1.54, 1.807) is 44.1 Å². The fraction of sp³-hybridized carbons (Fsp3) is 0.526. The SMILES string of the molecule is Cc1cc(C)n(-c2nc(Cl)cc(NC3CCC(F)(F)CC3)n2)n1.Cc1cc(C)n(-c2nc(NCc3cn(C)nn3)cc(NC3CCC(F)(F)CC3)n2)n1.Cn1cc(CN)nn1. The highest BCUT2D eigenvalue weighted by Crippen LogP contribution is 2.35. The molecular weight excluding hydrogens is 820 g/mol. The lowest BCUT2D eigenvalue weighted by atomic mass is 9.92. The number of rotatable bonds is 10. The predicted octanol–water partition coefficient (Wildman–Crippen LogP) is 6.21. The number of aryl methyl sites for hydroxylation is 6. The molecule has 6 heterocycles. The molecule has 23 heteroatoms. The molecule has 0 aliphatic heterocycles. The van der Waals surface area contributed by atoms with Gasteiger partial charge in [-0.15, -0.1) is 10.2 Å². The Morgan fingerprint density at radius 3 is 1.51 bits per heavy atom. The topological polar surface area (TPSA) is 211 Å². The Hall–Kier alpha value is -5.77. The molecule has 8 rings (SSSR count). The van der Waals surface area contributed by atoms with Gasteiger partial charge < -0.3 is 21.7 Å². The molecule has 6 aromatic heterocycles. The van der Waals surface area contributed by atoms with Crippen LogP contribution in [0.4, 0.5) is 35.0 Å². The highest BCUT2D eigenvalue weighted by Gasteiger charge is 2.36. The third kappa shape index (κ3) is 12.9. The molecule has 5 N–H and O–H groups in total. The van der Waals surface area contributed by atoms with Crippen LogP contribution in [0, 0.1) is 27.7 Å². The number of nitrogens with two attached hydrogens (primary N) is 1. The zero-order valence-corrected chi connectivity index (χ0v) is 35.7. The Morgan fingerprint density at radius 1 is 0.656 bits per heavy atom. The molecule has 61 heavy (non-hydrogen) atoms. The van der Waals surface area contributed by atoms with E-state index in [0.717, 1.165) is 34.2 Å². The van der Waals surface area contributed by atoms with Crippen LogP contribution >= 0.6 is 11.6 Å². The highest BCUT2D eigenvalue weighted by atomic mass is 35.5. The van der Waals surface area contributed by atoms with Crippen molar-refractivity contribution in [2.75, 3.05) is 16.0 Å². The standard InChI is InChI=1S/C19H25F2N9.C15H18ClF2N5.C4H8N4/c1-12-8-13(2)30(27-12)18-24-16(22-10-15-11-29(3)28-26-15)9-17(25-18)23-14-4-6-19(20,21)7-5-14;1-9-7-10(2)23(22-9)14-20-12(16)8-13(21-14)19-11-3-5-15(17,18)6-4-11;1-8-3-4(2-5)6-7-8/h8-9,11,14H,4-7,10H2,1-3H3,(H2,22,23,24,25);7-8,11H,3-6H2,1-2H3,(H,19,20,21);3H,2,5H2,1H3. The van der Waals surface area contributed by atoms with Crippen molar-refractivity contribution < 1.29 is 17.6 Å². The summed E-state index contributed by atoms with van der Waals surface area (Å²) in [6.07, 6.45) is 4.78. The Bertz CT molecular complexity index is 2350. The van der Waals surface area contributed by atoms with Crippen molar-refractivity contribution in [1.82, 2.24) is 69.5 Å². The van der Waals surface area contributed by atoms with Crippen LogP contribution in [0.1, 0.15) is 85.5 Å². The van der Waals surface area contributed by atoms with Crippen LogP contribution in [-0.4, -0.2) is 93.4 Å². The van der Waals surface area contributed by atoms with Crippen LogP contribution in [0.15, 0.2) is 36.7 Å². The minimum absolute atomic E-state index is 0.0334. The van der Waals surface area contributed by atoms with Crippen molar-refractivity contribution in [3.8, 4) is 11.9 Å². The lowest BCUT2D eigenvalue weighted by Gasteiger charge is -2.29. The number of nitrogens with zero attached hydrogens (tertiary/aromatic N) is 14. The minimum atomic E-state index is -2.57. The van der Waals surface area contributed by atoms with Gasteiger partial charge in [-0.25, -0.2) is 26.9 Å². The number of nitrogens with one attached hydrogen (secondary N) is 3. The summed E-state index contributed by atoms with van der Waals surface area (Å²) < 4.78 is 60.0. The molecule has 0 unspecified atom stereocenters. The summed E-state index contributed by atoms with van der Waals surface area (Å²) in [5.41, 5.74) is 10.4. The van der Waals surface area contributed by atoms with Crippen molar-refractivity contribution in [3.63, 3.8) is 0 Å². The Labute approximate surface area is 355 Å². The molecule has 2 saturated carbocycles. The van der Waals surface area contributed by atoms with Gasteiger partial charge in [-0.05, 0) is 65.5 Å². The fourth-order valence-corrected chi connectivity index (χ4v) is 7.04. The lowest BCUT2D eigenvalue weighted by molar-refractivity contribution is -0.0366. The molecule has 0 saturated heterocycles. The molecule has 0 atom stereocenters. The summed E-state index contributed by atoms with van der Waals surface area (Å²) >= 11 is 6.07. The molecule has 0 bridgehead atoms. The van der Waals surface area contributed by atoms with Crippen molar-refractivity contribution in [3.05, 3.63) is 76.0 Å². The maximum Gasteiger partial charge on any atom is 0.254 e. The minimum Gasteiger partial charge on any atom is -0.367 e. The Morgan fingerprint density at radius 2 is 1.10 bits per heavy atom. The van der Waals surface area contributed by atoms with E-state index < -0.39 is 11.8 Å². The van der Waals surface area contributed by atoms with Crippen LogP contribution in [0.2, 0.25) is 5.15 Å². The van der Waals surface area contributed by atoms with E-state index >= 15 is 0 Å². The van der Waals surface area contributed by atoms with Gasteiger partial charge in [0.25, 0.3) is 11.9 Å². The number of halogens is 5. The van der Waals surface area contributed by atoms with Gasteiger partial charge in [0.2, 0.25) is 11.8 Å². The van der Waals surface area contributed by atoms with E-state index in [-0.39, 0.29) is 42.9 Å². The van der Waals surface area contributed by atoms with Crippen LogP contribution < -0.4 is 21.7 Å². The molecule has 0 spiro atoms. The van der Waals surface area contributed by atoms with Gasteiger partial charge >= 0.3 is 0 Å². The summed E-state index contributed by atoms with van der Waals surface area (Å²) in [7, 11) is 3.62. The average Bonchev–Trinajstić information content (AvgIpc) is 3.99. The first kappa shape index (κ1) is 44.8. The van der Waals surface area contributed by atoms with Gasteiger partial charge in [0.05, 0.1) is 23.6 Å². The summed E-state index contributed by atoms with van der Waals surface area (Å²) in [6.45, 7) is 8.53. The molecule has 2 fully saturated rings. The molecule has 2 aliphatic carbocycles. The van der Waals surface area contributed by atoms with E-state index in [2.05, 4.69) is 66.7 Å². The van der Waals surface area contributed by atoms with Crippen LogP contribution in [0.25, 0.3) is 11.9 Å². The van der Waals surface area contributed by atoms with Gasteiger partial charge in [-0.3, -0.25) is 9.36 Å². The monoisotopic (exact) mass is 870 g/mol. The number of hydrogen-bond acceptors (Lipinski definition) is 14. The normalized spacial score (nSPS) is 16.3. The molecule has 18 nitrogen and oxygen atoms in total. The first-order chi connectivity index (χ1) is 28.9. The number of anilines is 3. The number of aromatic nitrogens is 14. The third-order valence-corrected chi connectivity index (χ3v) is 10.1. The molecule has 0 amide bonds. The average molecular weight is 871 g/mol. The van der Waals surface area contributed by atoms with Crippen molar-refractivity contribution in [2.45, 2.75) is 116 Å². The predicted molar refractivity (Wildman–Crippen MR) is 221 cm³/mol. The first-order valence-corrected chi connectivity index (χ1v) is 20.2. The van der Waals surface area contributed by atoms with E-state index in [4.69, 9.17) is 17.3 Å². The Balaban J connectivity index is 0.000000177. The second-order valence-corrected chi connectivity index (χ2v) is 15.8. The van der Waals surface area contributed by atoms with Crippen LogP contribution in [0.3, 0.4) is 0 Å². The van der Waals surface area contributed by atoms with Gasteiger partial charge in [0, 0.05) is 94.3 Å². The second-order valence-electron chi connectivity index (χ2n) is 15.4. The van der Waals surface area contributed by atoms with E-state index in [0.29, 0.717) is 68.1 Å². The van der Waals surface area contributed by atoms with E-state index in [9.17, 15) is 17.6 Å². The second kappa shape index (κ2) is 19.3. The highest BCUT2D eigenvalue weighted by molar-refractivity contribution is 6.29. The lowest BCUT2D eigenvalue weighted by Crippen LogP contribution is -2.32. The van der Waals surface area contributed by atoms with E-state index in [1.807, 2.05) is 53.1 Å². The molecule has 2 aliphatic rings. The maximum atomic E-state index is 13.5. The molecule has 0 radical (unpaired) electrons. The maximum absolute atomic E-state index is 13.5. The van der Waals surface area contributed by atoms with Gasteiger partial charge in [0.1, 0.15) is 28.3 Å². The summed E-state index contributed by atoms with van der Waals surface area (Å²) in [6, 6.07) is 7.15.